The molecule has 0 aliphatic carbocycles. The molecule has 0 bridgehead atoms. The van der Waals surface area contributed by atoms with Gasteiger partial charge in [-0.25, -0.2) is 14.3 Å². The van der Waals surface area contributed by atoms with Crippen LogP contribution in [0.25, 0.3) is 28.6 Å². The van der Waals surface area contributed by atoms with Crippen molar-refractivity contribution in [3.05, 3.63) is 77.1 Å². The van der Waals surface area contributed by atoms with Crippen molar-refractivity contribution in [1.29, 1.82) is 0 Å². The summed E-state index contributed by atoms with van der Waals surface area (Å²) < 4.78 is 12.2. The van der Waals surface area contributed by atoms with E-state index in [1.165, 1.54) is 30.0 Å². The number of nitrogens with one attached hydrogen (secondary N) is 1. The van der Waals surface area contributed by atoms with E-state index in [4.69, 9.17) is 20.8 Å². The number of ether oxygens (including phenoxy) is 1. The molecule has 0 fully saturated rings. The van der Waals surface area contributed by atoms with Crippen molar-refractivity contribution in [1.82, 2.24) is 9.78 Å². The number of carboxylic acids is 1. The van der Waals surface area contributed by atoms with Gasteiger partial charge in [-0.2, -0.15) is 0 Å². The van der Waals surface area contributed by atoms with Gasteiger partial charge in [0.15, 0.2) is 11.3 Å². The lowest BCUT2D eigenvalue weighted by molar-refractivity contribution is 0.0697. The van der Waals surface area contributed by atoms with Crippen LogP contribution in [0.3, 0.4) is 0 Å². The molecule has 0 aliphatic heterocycles. The van der Waals surface area contributed by atoms with Gasteiger partial charge in [-0.1, -0.05) is 29.5 Å². The normalized spacial score (nSPS) is 11.9. The van der Waals surface area contributed by atoms with Crippen LogP contribution in [0.15, 0.2) is 44.3 Å². The predicted octanol–water partition coefficient (Wildman–Crippen LogP) is 1.93. The van der Waals surface area contributed by atoms with Gasteiger partial charge in [0.2, 0.25) is 0 Å². The second-order valence-corrected chi connectivity index (χ2v) is 7.65. The van der Waals surface area contributed by atoms with Crippen LogP contribution in [-0.4, -0.2) is 28.0 Å². The lowest BCUT2D eigenvalue weighted by atomic mass is 10.1. The Morgan fingerprint density at radius 3 is 2.80 bits per heavy atom. The first-order chi connectivity index (χ1) is 14.3. The average Bonchev–Trinajstić information content (AvgIpc) is 3.21. The summed E-state index contributed by atoms with van der Waals surface area (Å²) in [5.74, 6) is -0.843. The van der Waals surface area contributed by atoms with Crippen LogP contribution in [0.5, 0.6) is 5.75 Å². The number of aromatic carboxylic acids is 1. The first-order valence-electron chi connectivity index (χ1n) is 8.45. The maximum absolute atomic E-state index is 13.0. The zero-order valence-corrected chi connectivity index (χ0v) is 17.0. The molecule has 2 aromatic carbocycles. The Bertz CT molecular complexity index is 1540. The largest absolute Gasteiger partial charge is 0.493 e. The van der Waals surface area contributed by atoms with Gasteiger partial charge in [-0.15, -0.1) is 0 Å². The molecular formula is C20H13ClN2O6S. The van der Waals surface area contributed by atoms with Crippen molar-refractivity contribution in [2.75, 3.05) is 7.11 Å². The van der Waals surface area contributed by atoms with Crippen LogP contribution >= 0.6 is 22.9 Å². The number of rotatable bonds is 4. The molecule has 0 radical (unpaired) electrons. The smallest absolute Gasteiger partial charge is 0.396 e. The fraction of sp³-hybridized carbons (Fsp3) is 0.0500. The van der Waals surface area contributed by atoms with Crippen molar-refractivity contribution in [3.63, 3.8) is 0 Å². The van der Waals surface area contributed by atoms with Gasteiger partial charge >= 0.3 is 10.9 Å². The molecule has 8 nitrogen and oxygen atoms in total. The molecule has 0 unspecified atom stereocenters. The molecule has 4 rings (SSSR count). The zero-order valence-electron chi connectivity index (χ0n) is 15.4. The number of aromatic nitrogens is 2. The number of carboxylic acid groups (broad SMARTS) is 1. The van der Waals surface area contributed by atoms with Gasteiger partial charge in [0.05, 0.1) is 38.7 Å². The van der Waals surface area contributed by atoms with Crippen LogP contribution < -0.4 is 25.8 Å². The van der Waals surface area contributed by atoms with E-state index in [2.05, 4.69) is 11.7 Å². The third-order valence-corrected chi connectivity index (χ3v) is 5.50. The quantitative estimate of drug-likeness (QED) is 0.497. The molecule has 30 heavy (non-hydrogen) atoms. The van der Waals surface area contributed by atoms with E-state index in [-0.39, 0.29) is 15.8 Å². The Morgan fingerprint density at radius 1 is 1.33 bits per heavy atom. The Labute approximate surface area is 176 Å². The van der Waals surface area contributed by atoms with E-state index in [1.807, 2.05) is 0 Å². The number of benzene rings is 2. The Kier molecular flexibility index (Phi) is 4.84. The molecular weight excluding hydrogens is 432 g/mol. The van der Waals surface area contributed by atoms with Crippen molar-refractivity contribution in [2.24, 2.45) is 0 Å². The molecule has 4 aromatic rings. The number of H-pyrrole nitrogens is 1. The van der Waals surface area contributed by atoms with Crippen molar-refractivity contribution >= 4 is 51.8 Å². The van der Waals surface area contributed by atoms with Gasteiger partial charge in [0.1, 0.15) is 0 Å². The van der Waals surface area contributed by atoms with E-state index < -0.39 is 16.5 Å². The monoisotopic (exact) mass is 444 g/mol. The van der Waals surface area contributed by atoms with E-state index in [0.717, 1.165) is 11.3 Å². The fourth-order valence-electron chi connectivity index (χ4n) is 3.01. The van der Waals surface area contributed by atoms with Crippen LogP contribution in [0.4, 0.5) is 0 Å². The van der Waals surface area contributed by atoms with Gasteiger partial charge in [0, 0.05) is 0 Å². The summed E-state index contributed by atoms with van der Waals surface area (Å²) >= 11 is 6.83. The zero-order chi connectivity index (χ0) is 21.6. The number of halogens is 1. The molecule has 0 atom stereocenters. The van der Waals surface area contributed by atoms with Gasteiger partial charge in [-0.05, 0) is 42.0 Å². The predicted molar refractivity (Wildman–Crippen MR) is 114 cm³/mol. The highest BCUT2D eigenvalue weighted by Gasteiger charge is 2.13. The Balaban J connectivity index is 1.91. The summed E-state index contributed by atoms with van der Waals surface area (Å²) in [7, 11) is 1.45. The van der Waals surface area contributed by atoms with Crippen LogP contribution in [0, 0.1) is 0 Å². The second kappa shape index (κ2) is 7.36. The molecule has 10 heteroatoms. The lowest BCUT2D eigenvalue weighted by Crippen LogP contribution is -2.34. The van der Waals surface area contributed by atoms with Crippen molar-refractivity contribution in [3.8, 4) is 11.4 Å². The second-order valence-electron chi connectivity index (χ2n) is 6.26. The van der Waals surface area contributed by atoms with Crippen molar-refractivity contribution < 1.29 is 19.1 Å². The Hall–Kier alpha value is -3.56. The Morgan fingerprint density at radius 2 is 2.10 bits per heavy atom. The molecule has 0 saturated heterocycles. The molecule has 2 aromatic heterocycles. The van der Waals surface area contributed by atoms with Crippen LogP contribution in [0.2, 0.25) is 5.02 Å². The average molecular weight is 445 g/mol. The summed E-state index contributed by atoms with van der Waals surface area (Å²) in [5.41, 5.74) is 0.683. The van der Waals surface area contributed by atoms with Gasteiger partial charge in [-0.3, -0.25) is 9.89 Å². The molecule has 0 aliphatic rings. The number of hydrogen-bond donors (Lipinski definition) is 2. The topological polar surface area (TPSA) is 115 Å². The van der Waals surface area contributed by atoms with E-state index in [1.54, 1.807) is 18.2 Å². The summed E-state index contributed by atoms with van der Waals surface area (Å²) in [6.45, 7) is 3.86. The number of hydrogen-bond acceptors (Lipinski definition) is 6. The molecule has 0 saturated carbocycles. The third kappa shape index (κ3) is 3.34. The standard InChI is InChI=1S/C20H13ClN2O6S/c1-9-12(5-10-6-15(28-2)17-16(7-10)30-20(27)29-17)18(24)23(22-9)11-3-4-14(21)13(8-11)19(25)26/h3-8,22H,1H2,2H3,(H,25,26)/b12-5-. The molecule has 2 N–H and O–H groups in total. The highest BCUT2D eigenvalue weighted by molar-refractivity contribution is 7.16. The minimum atomic E-state index is -1.21. The van der Waals surface area contributed by atoms with Crippen molar-refractivity contribution in [2.45, 2.75) is 0 Å². The summed E-state index contributed by atoms with van der Waals surface area (Å²) in [4.78, 5) is 35.4. The first-order valence-corrected chi connectivity index (χ1v) is 9.64. The summed E-state index contributed by atoms with van der Waals surface area (Å²) in [5, 5.41) is 12.7. The molecule has 0 spiro atoms. The highest BCUT2D eigenvalue weighted by Crippen LogP contribution is 2.29. The van der Waals surface area contributed by atoms with E-state index >= 15 is 0 Å². The number of methoxy groups -OCH3 is 1. The SMILES string of the molecule is C=c1[nH]n(-c2ccc(Cl)c(C(=O)O)c2)c(=O)/c1=C\c1cc(OC)c2oc(=O)sc2c1. The maximum atomic E-state index is 13.0. The van der Waals surface area contributed by atoms with Crippen LogP contribution in [-0.2, 0) is 0 Å². The third-order valence-electron chi connectivity index (χ3n) is 4.40. The fourth-order valence-corrected chi connectivity index (χ4v) is 3.94. The maximum Gasteiger partial charge on any atom is 0.396 e. The highest BCUT2D eigenvalue weighted by atomic mass is 35.5. The van der Waals surface area contributed by atoms with Gasteiger partial charge < -0.3 is 14.3 Å². The summed E-state index contributed by atoms with van der Waals surface area (Å²) in [6.07, 6.45) is 1.60. The van der Waals surface area contributed by atoms with E-state index in [9.17, 15) is 19.5 Å². The first kappa shape index (κ1) is 19.7. The van der Waals surface area contributed by atoms with Crippen LogP contribution in [0.1, 0.15) is 15.9 Å². The minimum absolute atomic E-state index is 0.0620. The molecule has 152 valence electrons. The molecule has 0 amide bonds. The minimum Gasteiger partial charge on any atom is -0.493 e. The van der Waals surface area contributed by atoms with Gasteiger partial charge in [0.25, 0.3) is 5.56 Å². The molecule has 2 heterocycles. The number of fused-ring (bicyclic) bond motifs is 1. The lowest BCUT2D eigenvalue weighted by Gasteiger charge is -2.04. The number of aromatic amines is 1. The number of carbonyl (C=O) groups is 1. The summed E-state index contributed by atoms with van der Waals surface area (Å²) in [6, 6.07) is 7.56. The van der Waals surface area contributed by atoms with E-state index in [0.29, 0.717) is 32.6 Å². The number of nitrogens with zero attached hydrogens (tertiary/aromatic N) is 1.